The molecular formula is C30H36ClN3O4S. The lowest BCUT2D eigenvalue weighted by Crippen LogP contribution is -2.53. The highest BCUT2D eigenvalue weighted by Gasteiger charge is 2.33. The van der Waals surface area contributed by atoms with Gasteiger partial charge in [-0.25, -0.2) is 8.42 Å². The van der Waals surface area contributed by atoms with Crippen LogP contribution in [-0.2, 0) is 32.6 Å². The van der Waals surface area contributed by atoms with E-state index in [0.717, 1.165) is 33.7 Å². The molecule has 39 heavy (non-hydrogen) atoms. The molecule has 0 aliphatic rings. The van der Waals surface area contributed by atoms with Crippen molar-refractivity contribution >= 4 is 39.1 Å². The van der Waals surface area contributed by atoms with Gasteiger partial charge in [0.2, 0.25) is 21.8 Å². The minimum atomic E-state index is -3.83. The average Bonchev–Trinajstić information content (AvgIpc) is 2.89. The fourth-order valence-corrected chi connectivity index (χ4v) is 5.67. The number of anilines is 1. The fourth-order valence-electron chi connectivity index (χ4n) is 4.50. The summed E-state index contributed by atoms with van der Waals surface area (Å²) in [5.74, 6) is -0.810. The van der Waals surface area contributed by atoms with Crippen molar-refractivity contribution in [2.75, 3.05) is 23.7 Å². The van der Waals surface area contributed by atoms with Crippen molar-refractivity contribution in [3.05, 3.63) is 100 Å². The van der Waals surface area contributed by atoms with Crippen molar-refractivity contribution in [3.8, 4) is 0 Å². The lowest BCUT2D eigenvalue weighted by Gasteiger charge is -2.34. The third kappa shape index (κ3) is 8.07. The van der Waals surface area contributed by atoms with Crippen LogP contribution in [-0.4, -0.2) is 50.5 Å². The number of carbonyl (C=O) groups is 2. The van der Waals surface area contributed by atoms with E-state index in [1.165, 1.54) is 4.90 Å². The zero-order valence-electron chi connectivity index (χ0n) is 22.9. The molecule has 0 aliphatic heterocycles. The summed E-state index contributed by atoms with van der Waals surface area (Å²) in [7, 11) is -3.83. The SMILES string of the molecule is CCCNC(=O)[C@@H](Cc1ccccc1)N(Cc1ccccc1Cl)C(=O)CN(c1c(C)cccc1C)S(C)(=O)=O. The number of sulfonamides is 1. The predicted molar refractivity (Wildman–Crippen MR) is 157 cm³/mol. The lowest BCUT2D eigenvalue weighted by molar-refractivity contribution is -0.140. The molecule has 0 radical (unpaired) electrons. The van der Waals surface area contributed by atoms with E-state index in [1.807, 2.05) is 75.4 Å². The Bertz CT molecular complexity index is 1380. The van der Waals surface area contributed by atoms with E-state index in [9.17, 15) is 18.0 Å². The Morgan fingerprint density at radius 3 is 2.13 bits per heavy atom. The molecule has 2 amide bonds. The molecule has 0 fully saturated rings. The van der Waals surface area contributed by atoms with Crippen molar-refractivity contribution in [2.24, 2.45) is 0 Å². The van der Waals surface area contributed by atoms with Crippen LogP contribution in [0.25, 0.3) is 0 Å². The first-order valence-corrected chi connectivity index (χ1v) is 15.1. The normalized spacial score (nSPS) is 12.0. The summed E-state index contributed by atoms with van der Waals surface area (Å²) < 4.78 is 27.1. The van der Waals surface area contributed by atoms with E-state index < -0.39 is 28.5 Å². The van der Waals surface area contributed by atoms with E-state index in [-0.39, 0.29) is 18.9 Å². The van der Waals surface area contributed by atoms with Crippen LogP contribution in [0.15, 0.2) is 72.8 Å². The number of amides is 2. The Morgan fingerprint density at radius 2 is 1.54 bits per heavy atom. The molecule has 0 unspecified atom stereocenters. The van der Waals surface area contributed by atoms with Crippen molar-refractivity contribution in [1.29, 1.82) is 0 Å². The summed E-state index contributed by atoms with van der Waals surface area (Å²) in [6.45, 7) is 5.61. The highest BCUT2D eigenvalue weighted by Crippen LogP contribution is 2.28. The zero-order valence-corrected chi connectivity index (χ0v) is 24.4. The summed E-state index contributed by atoms with van der Waals surface area (Å²) in [5, 5.41) is 3.38. The number of aryl methyl sites for hydroxylation is 2. The summed E-state index contributed by atoms with van der Waals surface area (Å²) >= 11 is 6.47. The van der Waals surface area contributed by atoms with E-state index >= 15 is 0 Å². The van der Waals surface area contributed by atoms with E-state index in [2.05, 4.69) is 5.32 Å². The Balaban J connectivity index is 2.09. The number of nitrogens with one attached hydrogen (secondary N) is 1. The van der Waals surface area contributed by atoms with Gasteiger partial charge in [-0.15, -0.1) is 0 Å². The van der Waals surface area contributed by atoms with Crippen molar-refractivity contribution in [2.45, 2.75) is 46.2 Å². The fraction of sp³-hybridized carbons (Fsp3) is 0.333. The molecule has 0 saturated heterocycles. The Labute approximate surface area is 236 Å². The maximum absolute atomic E-state index is 14.1. The molecule has 1 N–H and O–H groups in total. The third-order valence-corrected chi connectivity index (χ3v) is 7.97. The lowest BCUT2D eigenvalue weighted by atomic mass is 10.0. The Morgan fingerprint density at radius 1 is 0.923 bits per heavy atom. The molecule has 9 heteroatoms. The molecular weight excluding hydrogens is 534 g/mol. The standard InChI is InChI=1S/C30H36ClN3O4S/c1-5-18-32-30(36)27(19-24-14-7-6-8-15-24)33(20-25-16-9-10-17-26(25)31)28(35)21-34(39(4,37)38)29-22(2)12-11-13-23(29)3/h6-17,27H,5,18-21H2,1-4H3,(H,32,36)/t27-/m1/s1. The van der Waals surface area contributed by atoms with Crippen molar-refractivity contribution in [3.63, 3.8) is 0 Å². The van der Waals surface area contributed by atoms with E-state index in [1.54, 1.807) is 18.2 Å². The van der Waals surface area contributed by atoms with Crippen LogP contribution >= 0.6 is 11.6 Å². The molecule has 208 valence electrons. The number of hydrogen-bond acceptors (Lipinski definition) is 4. The second kappa shape index (κ2) is 13.6. The van der Waals surface area contributed by atoms with Gasteiger partial charge in [-0.2, -0.15) is 0 Å². The second-order valence-electron chi connectivity index (χ2n) is 9.62. The number of carbonyl (C=O) groups excluding carboxylic acids is 2. The number of para-hydroxylation sites is 1. The maximum atomic E-state index is 14.1. The van der Waals surface area contributed by atoms with Gasteiger partial charge in [-0.05, 0) is 48.6 Å². The van der Waals surface area contributed by atoms with Gasteiger partial charge in [0.25, 0.3) is 0 Å². The van der Waals surface area contributed by atoms with Crippen LogP contribution in [0.3, 0.4) is 0 Å². The first-order chi connectivity index (χ1) is 18.5. The van der Waals surface area contributed by atoms with Gasteiger partial charge in [0.15, 0.2) is 0 Å². The average molecular weight is 570 g/mol. The maximum Gasteiger partial charge on any atom is 0.244 e. The third-order valence-electron chi connectivity index (χ3n) is 6.49. The van der Waals surface area contributed by atoms with Gasteiger partial charge in [0.05, 0.1) is 11.9 Å². The number of benzene rings is 3. The van der Waals surface area contributed by atoms with Crippen LogP contribution in [0.1, 0.15) is 35.6 Å². The Hall–Kier alpha value is -3.36. The quantitative estimate of drug-likeness (QED) is 0.336. The zero-order chi connectivity index (χ0) is 28.6. The molecule has 3 rings (SSSR count). The van der Waals surface area contributed by atoms with Gasteiger partial charge in [0, 0.05) is 24.5 Å². The molecule has 1 atom stereocenters. The largest absolute Gasteiger partial charge is 0.354 e. The minimum absolute atomic E-state index is 0.0416. The number of rotatable bonds is 12. The van der Waals surface area contributed by atoms with Gasteiger partial charge >= 0.3 is 0 Å². The van der Waals surface area contributed by atoms with Crippen LogP contribution in [0.4, 0.5) is 5.69 Å². The number of halogens is 1. The molecule has 0 bridgehead atoms. The molecule has 0 heterocycles. The molecule has 0 spiro atoms. The highest BCUT2D eigenvalue weighted by atomic mass is 35.5. The van der Waals surface area contributed by atoms with Gasteiger partial charge in [-0.3, -0.25) is 13.9 Å². The summed E-state index contributed by atoms with van der Waals surface area (Å²) in [6.07, 6.45) is 2.07. The topological polar surface area (TPSA) is 86.8 Å². The smallest absolute Gasteiger partial charge is 0.244 e. The van der Waals surface area contributed by atoms with Crippen LogP contribution in [0.2, 0.25) is 5.02 Å². The van der Waals surface area contributed by atoms with Crippen LogP contribution in [0.5, 0.6) is 0 Å². The van der Waals surface area contributed by atoms with Crippen LogP contribution in [0, 0.1) is 13.8 Å². The first-order valence-electron chi connectivity index (χ1n) is 12.9. The predicted octanol–water partition coefficient (Wildman–Crippen LogP) is 4.89. The summed E-state index contributed by atoms with van der Waals surface area (Å²) in [4.78, 5) is 29.1. The molecule has 0 saturated carbocycles. The molecule has 7 nitrogen and oxygen atoms in total. The minimum Gasteiger partial charge on any atom is -0.354 e. The molecule has 0 aromatic heterocycles. The summed E-state index contributed by atoms with van der Waals surface area (Å²) in [6, 6.07) is 21.1. The Kier molecular flexibility index (Phi) is 10.5. The second-order valence-corrected chi connectivity index (χ2v) is 11.9. The van der Waals surface area contributed by atoms with Crippen molar-refractivity contribution in [1.82, 2.24) is 10.2 Å². The molecule has 3 aromatic carbocycles. The molecule has 0 aliphatic carbocycles. The van der Waals surface area contributed by atoms with Gasteiger partial charge in [0.1, 0.15) is 12.6 Å². The molecule has 3 aromatic rings. The van der Waals surface area contributed by atoms with Gasteiger partial charge < -0.3 is 10.2 Å². The van der Waals surface area contributed by atoms with Crippen LogP contribution < -0.4 is 9.62 Å². The van der Waals surface area contributed by atoms with E-state index in [4.69, 9.17) is 11.6 Å². The first kappa shape index (κ1) is 30.2. The van der Waals surface area contributed by atoms with Gasteiger partial charge in [-0.1, -0.05) is 85.3 Å². The highest BCUT2D eigenvalue weighted by molar-refractivity contribution is 7.92. The van der Waals surface area contributed by atoms with Crippen molar-refractivity contribution < 1.29 is 18.0 Å². The summed E-state index contributed by atoms with van der Waals surface area (Å²) in [5.41, 5.74) is 3.45. The monoisotopic (exact) mass is 569 g/mol. The number of nitrogens with zero attached hydrogens (tertiary/aromatic N) is 2. The number of hydrogen-bond donors (Lipinski definition) is 1. The van der Waals surface area contributed by atoms with E-state index in [0.29, 0.717) is 22.8 Å².